The molecule has 1 N–H and O–H groups in total. The van der Waals surface area contributed by atoms with Gasteiger partial charge in [0.15, 0.2) is 5.16 Å². The SMILES string of the molecule is CCCCCc1nnc(NC(=O)CSc2nncn2C(C)C)s1. The minimum absolute atomic E-state index is 0.107. The highest BCUT2D eigenvalue weighted by atomic mass is 32.2. The second-order valence-corrected chi connectivity index (χ2v) is 7.41. The van der Waals surface area contributed by atoms with Crippen LogP contribution in [0.3, 0.4) is 0 Å². The molecule has 0 aliphatic carbocycles. The van der Waals surface area contributed by atoms with Crippen LogP contribution in [-0.4, -0.2) is 36.6 Å². The van der Waals surface area contributed by atoms with Crippen molar-refractivity contribution in [3.63, 3.8) is 0 Å². The maximum atomic E-state index is 12.0. The van der Waals surface area contributed by atoms with E-state index in [0.717, 1.165) is 23.0 Å². The second kappa shape index (κ2) is 8.97. The lowest BCUT2D eigenvalue weighted by Gasteiger charge is -2.08. The third kappa shape index (κ3) is 5.58. The van der Waals surface area contributed by atoms with Gasteiger partial charge in [0.25, 0.3) is 0 Å². The van der Waals surface area contributed by atoms with Gasteiger partial charge in [0.2, 0.25) is 11.0 Å². The van der Waals surface area contributed by atoms with E-state index < -0.39 is 0 Å². The molecule has 0 spiro atoms. The van der Waals surface area contributed by atoms with Crippen molar-refractivity contribution in [2.75, 3.05) is 11.1 Å². The molecule has 0 saturated heterocycles. The molecule has 0 bridgehead atoms. The fourth-order valence-corrected chi connectivity index (χ4v) is 3.55. The first-order valence-corrected chi connectivity index (χ1v) is 9.55. The lowest BCUT2D eigenvalue weighted by Crippen LogP contribution is -2.14. The zero-order valence-electron chi connectivity index (χ0n) is 13.7. The zero-order chi connectivity index (χ0) is 16.7. The van der Waals surface area contributed by atoms with Gasteiger partial charge in [-0.1, -0.05) is 42.9 Å². The van der Waals surface area contributed by atoms with E-state index in [1.807, 2.05) is 4.57 Å². The van der Waals surface area contributed by atoms with Gasteiger partial charge in [-0.3, -0.25) is 10.1 Å². The molecule has 126 valence electrons. The van der Waals surface area contributed by atoms with Crippen LogP contribution in [0.1, 0.15) is 51.1 Å². The molecule has 9 heteroatoms. The number of hydrogen-bond acceptors (Lipinski definition) is 7. The average Bonchev–Trinajstić information content (AvgIpc) is 3.14. The summed E-state index contributed by atoms with van der Waals surface area (Å²) in [5.74, 6) is 0.167. The number of rotatable bonds is 9. The van der Waals surface area contributed by atoms with E-state index in [0.29, 0.717) is 5.13 Å². The smallest absolute Gasteiger partial charge is 0.236 e. The quantitative estimate of drug-likeness (QED) is 0.550. The summed E-state index contributed by atoms with van der Waals surface area (Å²) in [6, 6.07) is 0.268. The highest BCUT2D eigenvalue weighted by molar-refractivity contribution is 7.99. The van der Waals surface area contributed by atoms with Crippen LogP contribution < -0.4 is 5.32 Å². The third-order valence-electron chi connectivity index (χ3n) is 3.14. The predicted octanol–water partition coefficient (Wildman–Crippen LogP) is 3.17. The maximum absolute atomic E-state index is 12.0. The Balaban J connectivity index is 1.79. The number of carbonyl (C=O) groups excluding carboxylic acids is 1. The molecule has 0 saturated carbocycles. The Bertz CT molecular complexity index is 624. The fourth-order valence-electron chi connectivity index (χ4n) is 1.91. The van der Waals surface area contributed by atoms with E-state index in [9.17, 15) is 4.79 Å². The minimum Gasteiger partial charge on any atom is -0.306 e. The van der Waals surface area contributed by atoms with Crippen LogP contribution in [0.4, 0.5) is 5.13 Å². The van der Waals surface area contributed by atoms with Gasteiger partial charge in [-0.15, -0.1) is 20.4 Å². The molecule has 0 unspecified atom stereocenters. The molecule has 0 aromatic carbocycles. The molecule has 7 nitrogen and oxygen atoms in total. The van der Waals surface area contributed by atoms with Gasteiger partial charge >= 0.3 is 0 Å². The van der Waals surface area contributed by atoms with Gasteiger partial charge in [-0.05, 0) is 20.3 Å². The summed E-state index contributed by atoms with van der Waals surface area (Å²) in [5.41, 5.74) is 0. The van der Waals surface area contributed by atoms with Crippen molar-refractivity contribution in [3.05, 3.63) is 11.3 Å². The number of unbranched alkanes of at least 4 members (excludes halogenated alkanes) is 2. The fraction of sp³-hybridized carbons (Fsp3) is 0.643. The normalized spacial score (nSPS) is 11.1. The van der Waals surface area contributed by atoms with E-state index in [4.69, 9.17) is 0 Å². The molecule has 2 aromatic heterocycles. The average molecular weight is 355 g/mol. The molecule has 1 amide bonds. The number of hydrogen-bond donors (Lipinski definition) is 1. The van der Waals surface area contributed by atoms with Gasteiger partial charge in [0.1, 0.15) is 11.3 Å². The van der Waals surface area contributed by atoms with Gasteiger partial charge in [-0.2, -0.15) is 0 Å². The lowest BCUT2D eigenvalue weighted by molar-refractivity contribution is -0.113. The van der Waals surface area contributed by atoms with Crippen molar-refractivity contribution in [3.8, 4) is 0 Å². The van der Waals surface area contributed by atoms with Gasteiger partial charge in [-0.25, -0.2) is 0 Å². The number of thioether (sulfide) groups is 1. The number of aryl methyl sites for hydroxylation is 1. The van der Waals surface area contributed by atoms with Gasteiger partial charge in [0.05, 0.1) is 5.75 Å². The van der Waals surface area contributed by atoms with Gasteiger partial charge in [0, 0.05) is 12.5 Å². The summed E-state index contributed by atoms with van der Waals surface area (Å²) in [6.07, 6.45) is 6.08. The molecular formula is C14H22N6OS2. The first-order chi connectivity index (χ1) is 11.1. The monoisotopic (exact) mass is 354 g/mol. The number of aromatic nitrogens is 5. The van der Waals surface area contributed by atoms with Crippen LogP contribution in [0.5, 0.6) is 0 Å². The van der Waals surface area contributed by atoms with Crippen LogP contribution in [-0.2, 0) is 11.2 Å². The van der Waals surface area contributed by atoms with Crippen LogP contribution in [0, 0.1) is 0 Å². The first-order valence-electron chi connectivity index (χ1n) is 7.74. The van der Waals surface area contributed by atoms with Crippen molar-refractivity contribution in [2.24, 2.45) is 0 Å². The molecule has 0 atom stereocenters. The molecule has 2 aromatic rings. The molecule has 0 aliphatic heterocycles. The predicted molar refractivity (Wildman–Crippen MR) is 92.9 cm³/mol. The Morgan fingerprint density at radius 3 is 2.91 bits per heavy atom. The summed E-state index contributed by atoms with van der Waals surface area (Å²) in [7, 11) is 0. The van der Waals surface area contributed by atoms with E-state index in [1.165, 1.54) is 35.9 Å². The molecule has 23 heavy (non-hydrogen) atoms. The van der Waals surface area contributed by atoms with Crippen LogP contribution in [0.15, 0.2) is 11.5 Å². The Kier molecular flexibility index (Phi) is 6.97. The lowest BCUT2D eigenvalue weighted by atomic mass is 10.2. The van der Waals surface area contributed by atoms with Crippen LogP contribution in [0.25, 0.3) is 0 Å². The first kappa shape index (κ1) is 17.9. The Morgan fingerprint density at radius 1 is 1.35 bits per heavy atom. The zero-order valence-corrected chi connectivity index (χ0v) is 15.3. The van der Waals surface area contributed by atoms with Crippen LogP contribution >= 0.6 is 23.1 Å². The molecule has 2 heterocycles. The van der Waals surface area contributed by atoms with Crippen LogP contribution in [0.2, 0.25) is 0 Å². The van der Waals surface area contributed by atoms with Crippen molar-refractivity contribution < 1.29 is 4.79 Å². The number of carbonyl (C=O) groups is 1. The Morgan fingerprint density at radius 2 is 2.17 bits per heavy atom. The molecule has 2 rings (SSSR count). The number of amides is 1. The molecule has 0 radical (unpaired) electrons. The Labute approximate surface area is 144 Å². The van der Waals surface area contributed by atoms with E-state index in [1.54, 1.807) is 6.33 Å². The number of anilines is 1. The summed E-state index contributed by atoms with van der Waals surface area (Å²) in [6.45, 7) is 6.27. The second-order valence-electron chi connectivity index (χ2n) is 5.41. The standard InChI is InChI=1S/C14H22N6OS2/c1-4-5-6-7-12-17-18-13(23-12)16-11(21)8-22-14-19-15-9-20(14)10(2)3/h9-10H,4-8H2,1-3H3,(H,16,18,21). The molecular weight excluding hydrogens is 332 g/mol. The molecule has 0 fully saturated rings. The minimum atomic E-state index is -0.107. The van der Waals surface area contributed by atoms with E-state index in [-0.39, 0.29) is 17.7 Å². The maximum Gasteiger partial charge on any atom is 0.236 e. The van der Waals surface area contributed by atoms with Gasteiger partial charge < -0.3 is 4.57 Å². The summed E-state index contributed by atoms with van der Waals surface area (Å²) in [5, 5.41) is 21.1. The summed E-state index contributed by atoms with van der Waals surface area (Å²) >= 11 is 2.81. The molecule has 0 aliphatic rings. The largest absolute Gasteiger partial charge is 0.306 e. The summed E-state index contributed by atoms with van der Waals surface area (Å²) < 4.78 is 1.94. The highest BCUT2D eigenvalue weighted by Crippen LogP contribution is 2.20. The Hall–Kier alpha value is -1.48. The summed E-state index contributed by atoms with van der Waals surface area (Å²) in [4.78, 5) is 12.0. The van der Waals surface area contributed by atoms with E-state index >= 15 is 0 Å². The van der Waals surface area contributed by atoms with Crippen molar-refractivity contribution in [2.45, 2.75) is 57.7 Å². The van der Waals surface area contributed by atoms with E-state index in [2.05, 4.69) is 46.5 Å². The third-order valence-corrected chi connectivity index (χ3v) is 4.99. The van der Waals surface area contributed by atoms with Crippen molar-refractivity contribution in [1.82, 2.24) is 25.0 Å². The number of nitrogens with one attached hydrogen (secondary N) is 1. The van der Waals surface area contributed by atoms with Crippen molar-refractivity contribution >= 4 is 34.1 Å². The highest BCUT2D eigenvalue weighted by Gasteiger charge is 2.12. The van der Waals surface area contributed by atoms with Crippen molar-refractivity contribution in [1.29, 1.82) is 0 Å². The topological polar surface area (TPSA) is 85.6 Å². The number of nitrogens with zero attached hydrogens (tertiary/aromatic N) is 5.